The summed E-state index contributed by atoms with van der Waals surface area (Å²) in [6.45, 7) is 0. The topological polar surface area (TPSA) is 102 Å². The summed E-state index contributed by atoms with van der Waals surface area (Å²) < 4.78 is 21.1. The van der Waals surface area contributed by atoms with Gasteiger partial charge in [-0.1, -0.05) is 6.07 Å². The second kappa shape index (κ2) is 4.84. The SMILES string of the molecule is COc1cccc(OC)c1C(N)P(=O)(O)O. The van der Waals surface area contributed by atoms with Crippen LogP contribution in [0.15, 0.2) is 18.2 Å². The van der Waals surface area contributed by atoms with E-state index in [0.717, 1.165) is 0 Å². The molecule has 0 aliphatic carbocycles. The van der Waals surface area contributed by atoms with Gasteiger partial charge >= 0.3 is 7.60 Å². The Kier molecular flexibility index (Phi) is 3.93. The first-order valence-corrected chi connectivity index (χ1v) is 6.11. The molecular weight excluding hydrogens is 233 g/mol. The molecule has 0 aliphatic rings. The van der Waals surface area contributed by atoms with Crippen molar-refractivity contribution < 1.29 is 23.8 Å². The van der Waals surface area contributed by atoms with Gasteiger partial charge in [0.15, 0.2) is 0 Å². The molecule has 1 rings (SSSR count). The third kappa shape index (κ3) is 2.54. The molecule has 0 saturated carbocycles. The van der Waals surface area contributed by atoms with Crippen LogP contribution in [0.2, 0.25) is 0 Å². The van der Waals surface area contributed by atoms with Gasteiger partial charge < -0.3 is 25.0 Å². The maximum absolute atomic E-state index is 11.1. The van der Waals surface area contributed by atoms with Crippen LogP contribution in [0.4, 0.5) is 0 Å². The molecule has 1 aromatic carbocycles. The fourth-order valence-corrected chi connectivity index (χ4v) is 1.93. The Balaban J connectivity index is 3.34. The van der Waals surface area contributed by atoms with Crippen molar-refractivity contribution in [3.05, 3.63) is 23.8 Å². The van der Waals surface area contributed by atoms with E-state index in [1.807, 2.05) is 0 Å². The van der Waals surface area contributed by atoms with Crippen LogP contribution in [0.1, 0.15) is 11.3 Å². The molecule has 0 amide bonds. The molecule has 0 radical (unpaired) electrons. The lowest BCUT2D eigenvalue weighted by molar-refractivity contribution is 0.348. The first-order chi connectivity index (χ1) is 7.41. The van der Waals surface area contributed by atoms with Crippen molar-refractivity contribution in [2.24, 2.45) is 5.73 Å². The molecule has 7 heteroatoms. The average Bonchev–Trinajstić information content (AvgIpc) is 2.25. The molecule has 16 heavy (non-hydrogen) atoms. The normalized spacial score (nSPS) is 13.3. The Labute approximate surface area is 93.1 Å². The molecule has 0 heterocycles. The first kappa shape index (κ1) is 13.0. The van der Waals surface area contributed by atoms with E-state index in [9.17, 15) is 4.57 Å². The second-order valence-corrected chi connectivity index (χ2v) is 4.84. The Morgan fingerprint density at radius 2 is 1.69 bits per heavy atom. The van der Waals surface area contributed by atoms with Gasteiger partial charge in [0.25, 0.3) is 0 Å². The maximum Gasteiger partial charge on any atom is 0.346 e. The van der Waals surface area contributed by atoms with Crippen molar-refractivity contribution in [3.63, 3.8) is 0 Å². The monoisotopic (exact) mass is 247 g/mol. The van der Waals surface area contributed by atoms with E-state index >= 15 is 0 Å². The van der Waals surface area contributed by atoms with Gasteiger partial charge in [-0.2, -0.15) is 0 Å². The molecule has 1 unspecified atom stereocenters. The van der Waals surface area contributed by atoms with Crippen molar-refractivity contribution in [2.75, 3.05) is 14.2 Å². The minimum atomic E-state index is -4.44. The number of rotatable bonds is 4. The summed E-state index contributed by atoms with van der Waals surface area (Å²) in [6, 6.07) is 4.77. The first-order valence-electron chi connectivity index (χ1n) is 4.43. The van der Waals surface area contributed by atoms with Crippen LogP contribution in [0.25, 0.3) is 0 Å². The standard InChI is InChI=1S/C9H14NO5P/c1-14-6-4-3-5-7(15-2)8(6)9(10)16(11,12)13/h3-5,9H,10H2,1-2H3,(H2,11,12,13). The van der Waals surface area contributed by atoms with Gasteiger partial charge in [0.2, 0.25) is 0 Å². The Morgan fingerprint density at radius 1 is 1.25 bits per heavy atom. The van der Waals surface area contributed by atoms with E-state index in [2.05, 4.69) is 0 Å². The van der Waals surface area contributed by atoms with Crippen molar-refractivity contribution >= 4 is 7.60 Å². The fourth-order valence-electron chi connectivity index (χ4n) is 1.34. The number of hydrogen-bond donors (Lipinski definition) is 3. The highest BCUT2D eigenvalue weighted by Gasteiger charge is 2.31. The largest absolute Gasteiger partial charge is 0.496 e. The summed E-state index contributed by atoms with van der Waals surface area (Å²) in [6.07, 6.45) is 0. The molecule has 0 fully saturated rings. The minimum Gasteiger partial charge on any atom is -0.496 e. The lowest BCUT2D eigenvalue weighted by atomic mass is 10.1. The molecule has 90 valence electrons. The number of nitrogens with two attached hydrogens (primary N) is 1. The number of methoxy groups -OCH3 is 2. The predicted molar refractivity (Wildman–Crippen MR) is 58.5 cm³/mol. The quantitative estimate of drug-likeness (QED) is 0.681. The van der Waals surface area contributed by atoms with Gasteiger partial charge in [0, 0.05) is 0 Å². The summed E-state index contributed by atoms with van der Waals surface area (Å²) in [7, 11) is -1.65. The highest BCUT2D eigenvalue weighted by atomic mass is 31.2. The minimum absolute atomic E-state index is 0.167. The summed E-state index contributed by atoms with van der Waals surface area (Å²) in [5.41, 5.74) is 5.67. The third-order valence-corrected chi connectivity index (χ3v) is 3.11. The lowest BCUT2D eigenvalue weighted by Crippen LogP contribution is -2.13. The third-order valence-electron chi connectivity index (χ3n) is 2.12. The zero-order valence-electron chi connectivity index (χ0n) is 8.95. The van der Waals surface area contributed by atoms with Gasteiger partial charge in [-0.25, -0.2) is 0 Å². The van der Waals surface area contributed by atoms with Gasteiger partial charge in [0.1, 0.15) is 17.3 Å². The van der Waals surface area contributed by atoms with Crippen molar-refractivity contribution in [3.8, 4) is 11.5 Å². The lowest BCUT2D eigenvalue weighted by Gasteiger charge is -2.19. The molecule has 6 nitrogen and oxygen atoms in total. The molecule has 1 aromatic rings. The second-order valence-electron chi connectivity index (χ2n) is 3.11. The molecule has 1 atom stereocenters. The Hall–Kier alpha value is -1.07. The van der Waals surface area contributed by atoms with Gasteiger partial charge in [-0.05, 0) is 12.1 Å². The van der Waals surface area contributed by atoms with E-state index in [1.54, 1.807) is 18.2 Å². The summed E-state index contributed by atoms with van der Waals surface area (Å²) >= 11 is 0. The summed E-state index contributed by atoms with van der Waals surface area (Å²) in [5, 5.41) is 0. The molecule has 0 aliphatic heterocycles. The van der Waals surface area contributed by atoms with Crippen LogP contribution >= 0.6 is 7.60 Å². The predicted octanol–water partition coefficient (Wildman–Crippen LogP) is 0.839. The van der Waals surface area contributed by atoms with Crippen LogP contribution in [0, 0.1) is 0 Å². The zero-order chi connectivity index (χ0) is 12.3. The van der Waals surface area contributed by atoms with Crippen LogP contribution in [0.5, 0.6) is 11.5 Å². The Morgan fingerprint density at radius 3 is 2.00 bits per heavy atom. The van der Waals surface area contributed by atoms with E-state index < -0.39 is 13.4 Å². The van der Waals surface area contributed by atoms with E-state index in [4.69, 9.17) is 25.0 Å². The maximum atomic E-state index is 11.1. The number of benzene rings is 1. The van der Waals surface area contributed by atoms with Crippen molar-refractivity contribution in [1.82, 2.24) is 0 Å². The summed E-state index contributed by atoms with van der Waals surface area (Å²) in [4.78, 5) is 18.1. The molecule has 0 bridgehead atoms. The Bertz CT molecular complexity index is 394. The van der Waals surface area contributed by atoms with E-state index in [1.165, 1.54) is 14.2 Å². The highest BCUT2D eigenvalue weighted by molar-refractivity contribution is 7.52. The zero-order valence-corrected chi connectivity index (χ0v) is 9.85. The molecule has 0 saturated heterocycles. The number of hydrogen-bond acceptors (Lipinski definition) is 4. The van der Waals surface area contributed by atoms with Crippen LogP contribution in [-0.2, 0) is 4.57 Å². The van der Waals surface area contributed by atoms with Crippen molar-refractivity contribution in [1.29, 1.82) is 0 Å². The van der Waals surface area contributed by atoms with E-state index in [-0.39, 0.29) is 17.1 Å². The molecular formula is C9H14NO5P. The molecule has 4 N–H and O–H groups in total. The van der Waals surface area contributed by atoms with Gasteiger partial charge in [-0.15, -0.1) is 0 Å². The number of ether oxygens (including phenoxy) is 2. The fraction of sp³-hybridized carbons (Fsp3) is 0.333. The van der Waals surface area contributed by atoms with E-state index in [0.29, 0.717) is 0 Å². The van der Waals surface area contributed by atoms with Crippen molar-refractivity contribution in [2.45, 2.75) is 5.78 Å². The average molecular weight is 247 g/mol. The highest BCUT2D eigenvalue weighted by Crippen LogP contribution is 2.52. The smallest absolute Gasteiger partial charge is 0.346 e. The van der Waals surface area contributed by atoms with Crippen LogP contribution in [-0.4, -0.2) is 24.0 Å². The summed E-state index contributed by atoms with van der Waals surface area (Å²) in [5.74, 6) is -0.885. The molecule has 0 spiro atoms. The van der Waals surface area contributed by atoms with Gasteiger partial charge in [0.05, 0.1) is 19.8 Å². The van der Waals surface area contributed by atoms with Crippen LogP contribution in [0.3, 0.4) is 0 Å². The van der Waals surface area contributed by atoms with Crippen LogP contribution < -0.4 is 15.2 Å². The molecule has 0 aromatic heterocycles. The van der Waals surface area contributed by atoms with Gasteiger partial charge in [-0.3, -0.25) is 4.57 Å².